The van der Waals surface area contributed by atoms with Crippen molar-refractivity contribution in [3.8, 4) is 0 Å². The molecule has 0 aliphatic heterocycles. The summed E-state index contributed by atoms with van der Waals surface area (Å²) in [5, 5.41) is 1.31. The van der Waals surface area contributed by atoms with Gasteiger partial charge in [0.15, 0.2) is 0 Å². The molecule has 0 aliphatic carbocycles. The summed E-state index contributed by atoms with van der Waals surface area (Å²) in [6, 6.07) is 16.2. The van der Waals surface area contributed by atoms with E-state index in [9.17, 15) is 0 Å². The van der Waals surface area contributed by atoms with E-state index in [4.69, 9.17) is 23.2 Å². The third-order valence-electron chi connectivity index (χ3n) is 2.56. The van der Waals surface area contributed by atoms with Crippen LogP contribution in [0.1, 0.15) is 11.1 Å². The predicted octanol–water partition coefficient (Wildman–Crippen LogP) is 4.78. The lowest BCUT2D eigenvalue weighted by atomic mass is 10.0. The second kappa shape index (κ2) is 5.38. The maximum Gasteiger partial charge on any atom is 0.0624 e. The fourth-order valence-electron chi connectivity index (χ4n) is 1.67. The summed E-state index contributed by atoms with van der Waals surface area (Å²) in [6.07, 6.45) is 1.91. The van der Waals surface area contributed by atoms with Crippen molar-refractivity contribution >= 4 is 23.2 Å². The van der Waals surface area contributed by atoms with Crippen LogP contribution in [0.5, 0.6) is 0 Å². The average molecular weight is 251 g/mol. The molecule has 2 rings (SSSR count). The van der Waals surface area contributed by atoms with Crippen molar-refractivity contribution in [3.63, 3.8) is 0 Å². The molecule has 0 fully saturated rings. The maximum atomic E-state index is 6.13. The molecule has 2 heteroatoms. The minimum absolute atomic E-state index is 0.632. The third-order valence-corrected chi connectivity index (χ3v) is 3.42. The lowest BCUT2D eigenvalue weighted by Crippen LogP contribution is -1.92. The van der Waals surface area contributed by atoms with E-state index in [1.165, 1.54) is 5.56 Å². The van der Waals surface area contributed by atoms with Crippen LogP contribution in [0.2, 0.25) is 10.0 Å². The number of rotatable bonds is 3. The SMILES string of the molecule is Clc1cccc(CCc2ccccc2)c1Cl. The minimum Gasteiger partial charge on any atom is -0.0827 e. The van der Waals surface area contributed by atoms with E-state index >= 15 is 0 Å². The van der Waals surface area contributed by atoms with Crippen molar-refractivity contribution in [3.05, 3.63) is 69.7 Å². The number of hydrogen-bond acceptors (Lipinski definition) is 0. The Balaban J connectivity index is 2.08. The first-order valence-electron chi connectivity index (χ1n) is 5.24. The van der Waals surface area contributed by atoms with Crippen LogP contribution in [0.25, 0.3) is 0 Å². The van der Waals surface area contributed by atoms with Gasteiger partial charge in [-0.2, -0.15) is 0 Å². The standard InChI is InChI=1S/C14H12Cl2/c15-13-8-4-7-12(14(13)16)10-9-11-5-2-1-3-6-11/h1-8H,9-10H2. The van der Waals surface area contributed by atoms with Crippen LogP contribution in [-0.4, -0.2) is 0 Å². The molecule has 0 bridgehead atoms. The van der Waals surface area contributed by atoms with Gasteiger partial charge in [-0.05, 0) is 30.0 Å². The van der Waals surface area contributed by atoms with E-state index in [1.807, 2.05) is 24.3 Å². The van der Waals surface area contributed by atoms with Crippen LogP contribution >= 0.6 is 23.2 Å². The first-order valence-corrected chi connectivity index (χ1v) is 6.00. The molecule has 0 aliphatic rings. The Morgan fingerprint density at radius 3 is 2.25 bits per heavy atom. The minimum atomic E-state index is 0.632. The van der Waals surface area contributed by atoms with Crippen LogP contribution < -0.4 is 0 Å². The molecule has 0 aromatic heterocycles. The molecule has 0 amide bonds. The average Bonchev–Trinajstić information content (AvgIpc) is 2.32. The normalized spacial score (nSPS) is 10.4. The topological polar surface area (TPSA) is 0 Å². The van der Waals surface area contributed by atoms with Gasteiger partial charge in [-0.15, -0.1) is 0 Å². The number of aryl methyl sites for hydroxylation is 2. The first kappa shape index (κ1) is 11.5. The van der Waals surface area contributed by atoms with Crippen molar-refractivity contribution in [2.75, 3.05) is 0 Å². The molecule has 82 valence electrons. The highest BCUT2D eigenvalue weighted by Crippen LogP contribution is 2.26. The fraction of sp³-hybridized carbons (Fsp3) is 0.143. The Hall–Kier alpha value is -0.980. The quantitative estimate of drug-likeness (QED) is 0.736. The summed E-state index contributed by atoms with van der Waals surface area (Å²) < 4.78 is 0. The molecule has 0 atom stereocenters. The summed E-state index contributed by atoms with van der Waals surface area (Å²) in [4.78, 5) is 0. The van der Waals surface area contributed by atoms with E-state index in [0.29, 0.717) is 10.0 Å². The lowest BCUT2D eigenvalue weighted by molar-refractivity contribution is 0.960. The number of hydrogen-bond donors (Lipinski definition) is 0. The number of halogens is 2. The highest BCUT2D eigenvalue weighted by molar-refractivity contribution is 6.42. The summed E-state index contributed by atoms with van der Waals surface area (Å²) >= 11 is 12.1. The molecule has 0 spiro atoms. The molecule has 2 aromatic rings. The molecule has 0 nitrogen and oxygen atoms in total. The zero-order valence-corrected chi connectivity index (χ0v) is 10.3. The summed E-state index contributed by atoms with van der Waals surface area (Å²) in [7, 11) is 0. The molecule has 0 unspecified atom stereocenters. The second-order valence-electron chi connectivity index (χ2n) is 3.70. The van der Waals surface area contributed by atoms with Gasteiger partial charge in [-0.1, -0.05) is 65.7 Å². The van der Waals surface area contributed by atoms with Gasteiger partial charge in [0.1, 0.15) is 0 Å². The molecular weight excluding hydrogens is 239 g/mol. The van der Waals surface area contributed by atoms with Crippen molar-refractivity contribution < 1.29 is 0 Å². The highest BCUT2D eigenvalue weighted by atomic mass is 35.5. The highest BCUT2D eigenvalue weighted by Gasteiger charge is 2.03. The largest absolute Gasteiger partial charge is 0.0827 e. The van der Waals surface area contributed by atoms with Crippen LogP contribution in [0.15, 0.2) is 48.5 Å². The third kappa shape index (κ3) is 2.78. The van der Waals surface area contributed by atoms with Gasteiger partial charge in [-0.3, -0.25) is 0 Å². The fourth-order valence-corrected chi connectivity index (χ4v) is 2.08. The van der Waals surface area contributed by atoms with Crippen molar-refractivity contribution in [1.82, 2.24) is 0 Å². The molecule has 0 saturated carbocycles. The Bertz CT molecular complexity index is 463. The molecule has 0 N–H and O–H groups in total. The van der Waals surface area contributed by atoms with E-state index in [1.54, 1.807) is 0 Å². The molecule has 0 heterocycles. The predicted molar refractivity (Wildman–Crippen MR) is 70.3 cm³/mol. The van der Waals surface area contributed by atoms with Crippen LogP contribution in [-0.2, 0) is 12.8 Å². The second-order valence-corrected chi connectivity index (χ2v) is 4.48. The smallest absolute Gasteiger partial charge is 0.0624 e. The van der Waals surface area contributed by atoms with Gasteiger partial charge >= 0.3 is 0 Å². The summed E-state index contributed by atoms with van der Waals surface area (Å²) in [5.41, 5.74) is 2.43. The van der Waals surface area contributed by atoms with Crippen molar-refractivity contribution in [1.29, 1.82) is 0 Å². The summed E-state index contributed by atoms with van der Waals surface area (Å²) in [6.45, 7) is 0. The van der Waals surface area contributed by atoms with Gasteiger partial charge in [0.05, 0.1) is 10.0 Å². The molecular formula is C14H12Cl2. The van der Waals surface area contributed by atoms with E-state index < -0.39 is 0 Å². The molecule has 16 heavy (non-hydrogen) atoms. The Kier molecular flexibility index (Phi) is 3.87. The monoisotopic (exact) mass is 250 g/mol. The van der Waals surface area contributed by atoms with Gasteiger partial charge in [-0.25, -0.2) is 0 Å². The Labute approximate surface area is 106 Å². The molecule has 2 aromatic carbocycles. The van der Waals surface area contributed by atoms with Gasteiger partial charge in [0.25, 0.3) is 0 Å². The van der Waals surface area contributed by atoms with E-state index in [2.05, 4.69) is 24.3 Å². The molecule has 0 radical (unpaired) electrons. The van der Waals surface area contributed by atoms with Crippen LogP contribution in [0.3, 0.4) is 0 Å². The van der Waals surface area contributed by atoms with Crippen LogP contribution in [0.4, 0.5) is 0 Å². The van der Waals surface area contributed by atoms with Gasteiger partial charge < -0.3 is 0 Å². The Morgan fingerprint density at radius 2 is 1.50 bits per heavy atom. The zero-order chi connectivity index (χ0) is 11.4. The van der Waals surface area contributed by atoms with Crippen molar-refractivity contribution in [2.24, 2.45) is 0 Å². The first-order chi connectivity index (χ1) is 7.77. The lowest BCUT2D eigenvalue weighted by Gasteiger charge is -2.05. The molecule has 0 saturated heterocycles. The Morgan fingerprint density at radius 1 is 0.750 bits per heavy atom. The van der Waals surface area contributed by atoms with E-state index in [-0.39, 0.29) is 0 Å². The number of benzene rings is 2. The zero-order valence-electron chi connectivity index (χ0n) is 8.79. The van der Waals surface area contributed by atoms with Crippen LogP contribution in [0, 0.1) is 0 Å². The summed E-state index contributed by atoms with van der Waals surface area (Å²) in [5.74, 6) is 0. The van der Waals surface area contributed by atoms with Crippen molar-refractivity contribution in [2.45, 2.75) is 12.8 Å². The van der Waals surface area contributed by atoms with Gasteiger partial charge in [0.2, 0.25) is 0 Å². The maximum absolute atomic E-state index is 6.13. The van der Waals surface area contributed by atoms with E-state index in [0.717, 1.165) is 18.4 Å². The van der Waals surface area contributed by atoms with Gasteiger partial charge in [0, 0.05) is 0 Å².